The number of rotatable bonds is 4. The summed E-state index contributed by atoms with van der Waals surface area (Å²) in [6, 6.07) is 0.403. The van der Waals surface area contributed by atoms with E-state index in [9.17, 15) is 0 Å². The van der Waals surface area contributed by atoms with Crippen LogP contribution < -0.4 is 5.32 Å². The van der Waals surface area contributed by atoms with Gasteiger partial charge in [-0.25, -0.2) is 0 Å². The van der Waals surface area contributed by atoms with Gasteiger partial charge in [0.05, 0.1) is 11.7 Å². The van der Waals surface area contributed by atoms with Gasteiger partial charge in [-0.3, -0.25) is 4.99 Å². The number of likely N-dealkylation sites (tertiary alicyclic amines) is 1. The predicted octanol–water partition coefficient (Wildman–Crippen LogP) is 2.27. The fourth-order valence-electron chi connectivity index (χ4n) is 3.65. The van der Waals surface area contributed by atoms with Gasteiger partial charge < -0.3 is 19.7 Å². The molecule has 1 saturated heterocycles. The predicted molar refractivity (Wildman–Crippen MR) is 90.3 cm³/mol. The quantitative estimate of drug-likeness (QED) is 0.639. The SMILES string of the molecule is CCOC1CCN(C(=NC)NC2CC(C)(OC)C2(C)C)CC1. The lowest BCUT2D eigenvalue weighted by Gasteiger charge is -2.59. The van der Waals surface area contributed by atoms with Crippen LogP contribution in [0.1, 0.15) is 47.0 Å². The Morgan fingerprint density at radius 1 is 1.27 bits per heavy atom. The molecule has 5 heteroatoms. The first-order chi connectivity index (χ1) is 10.4. The zero-order chi connectivity index (χ0) is 16.4. The normalized spacial score (nSPS) is 32.7. The molecule has 5 nitrogen and oxygen atoms in total. The maximum Gasteiger partial charge on any atom is 0.193 e. The number of ether oxygens (including phenoxy) is 2. The van der Waals surface area contributed by atoms with E-state index in [1.54, 1.807) is 0 Å². The lowest BCUT2D eigenvalue weighted by Crippen LogP contribution is -2.69. The van der Waals surface area contributed by atoms with Crippen molar-refractivity contribution in [3.05, 3.63) is 0 Å². The third-order valence-electron chi connectivity index (χ3n) is 5.94. The van der Waals surface area contributed by atoms with Crippen molar-refractivity contribution >= 4 is 5.96 Å². The molecule has 2 rings (SSSR count). The Morgan fingerprint density at radius 3 is 2.36 bits per heavy atom. The molecule has 128 valence electrons. The molecule has 22 heavy (non-hydrogen) atoms. The molecule has 1 saturated carbocycles. The highest BCUT2D eigenvalue weighted by molar-refractivity contribution is 5.80. The molecule has 0 spiro atoms. The number of hydrogen-bond donors (Lipinski definition) is 1. The van der Waals surface area contributed by atoms with Crippen LogP contribution in [-0.2, 0) is 9.47 Å². The minimum atomic E-state index is -0.0501. The van der Waals surface area contributed by atoms with Crippen molar-refractivity contribution in [1.82, 2.24) is 10.2 Å². The average Bonchev–Trinajstić information content (AvgIpc) is 2.52. The standard InChI is InChI=1S/C17H33N3O2/c1-7-22-13-8-10-20(11-9-13)15(18-5)19-14-12-17(4,21-6)16(14,2)3/h13-14H,7-12H2,1-6H3,(H,18,19). The molecule has 0 bridgehead atoms. The highest BCUT2D eigenvalue weighted by atomic mass is 16.5. The molecule has 0 radical (unpaired) electrons. The smallest absolute Gasteiger partial charge is 0.193 e. The number of nitrogens with one attached hydrogen (secondary N) is 1. The molecule has 0 aromatic carbocycles. The number of nitrogens with zero attached hydrogens (tertiary/aromatic N) is 2. The van der Waals surface area contributed by atoms with E-state index in [0.717, 1.165) is 44.9 Å². The maximum absolute atomic E-state index is 5.73. The summed E-state index contributed by atoms with van der Waals surface area (Å²) in [5.41, 5.74) is 0.0484. The monoisotopic (exact) mass is 311 g/mol. The van der Waals surface area contributed by atoms with E-state index >= 15 is 0 Å². The number of hydrogen-bond acceptors (Lipinski definition) is 3. The fraction of sp³-hybridized carbons (Fsp3) is 0.941. The van der Waals surface area contributed by atoms with Crippen molar-refractivity contribution in [2.45, 2.75) is 64.7 Å². The average molecular weight is 311 g/mol. The zero-order valence-corrected chi connectivity index (χ0v) is 15.1. The third-order valence-corrected chi connectivity index (χ3v) is 5.94. The first-order valence-electron chi connectivity index (χ1n) is 8.53. The van der Waals surface area contributed by atoms with E-state index in [-0.39, 0.29) is 11.0 Å². The second-order valence-electron chi connectivity index (χ2n) is 7.25. The van der Waals surface area contributed by atoms with Crippen LogP contribution in [-0.4, -0.2) is 62.5 Å². The van der Waals surface area contributed by atoms with Crippen LogP contribution in [0.25, 0.3) is 0 Å². The van der Waals surface area contributed by atoms with Crippen LogP contribution in [0.15, 0.2) is 4.99 Å². The van der Waals surface area contributed by atoms with Gasteiger partial charge in [0.25, 0.3) is 0 Å². The van der Waals surface area contributed by atoms with Gasteiger partial charge in [0.2, 0.25) is 0 Å². The molecular weight excluding hydrogens is 278 g/mol. The van der Waals surface area contributed by atoms with Crippen molar-refractivity contribution in [2.24, 2.45) is 10.4 Å². The topological polar surface area (TPSA) is 46.1 Å². The number of guanidine groups is 1. The van der Waals surface area contributed by atoms with Gasteiger partial charge in [0, 0.05) is 45.3 Å². The maximum atomic E-state index is 5.73. The summed E-state index contributed by atoms with van der Waals surface area (Å²) >= 11 is 0. The van der Waals surface area contributed by atoms with Gasteiger partial charge in [0.15, 0.2) is 5.96 Å². The van der Waals surface area contributed by atoms with Crippen molar-refractivity contribution in [3.8, 4) is 0 Å². The Labute approximate surface area is 135 Å². The Morgan fingerprint density at radius 2 is 1.91 bits per heavy atom. The molecule has 1 aliphatic carbocycles. The van der Waals surface area contributed by atoms with Crippen LogP contribution in [0.3, 0.4) is 0 Å². The summed E-state index contributed by atoms with van der Waals surface area (Å²) in [4.78, 5) is 6.85. The largest absolute Gasteiger partial charge is 0.378 e. The minimum Gasteiger partial charge on any atom is -0.378 e. The molecule has 0 aromatic rings. The number of piperidine rings is 1. The van der Waals surface area contributed by atoms with Gasteiger partial charge in [-0.15, -0.1) is 0 Å². The van der Waals surface area contributed by atoms with E-state index in [4.69, 9.17) is 9.47 Å². The molecule has 2 atom stereocenters. The summed E-state index contributed by atoms with van der Waals surface area (Å²) in [7, 11) is 3.68. The third kappa shape index (κ3) is 3.11. The van der Waals surface area contributed by atoms with Gasteiger partial charge >= 0.3 is 0 Å². The van der Waals surface area contributed by atoms with Crippen LogP contribution in [0.4, 0.5) is 0 Å². The Hall–Kier alpha value is -0.810. The molecule has 2 aliphatic rings. The Kier molecular flexibility index (Phi) is 5.38. The molecule has 1 N–H and O–H groups in total. The van der Waals surface area contributed by atoms with E-state index in [1.807, 2.05) is 14.2 Å². The molecule has 2 unspecified atom stereocenters. The van der Waals surface area contributed by atoms with E-state index in [2.05, 4.69) is 42.9 Å². The highest BCUT2D eigenvalue weighted by Crippen LogP contribution is 2.51. The van der Waals surface area contributed by atoms with Gasteiger partial charge in [-0.2, -0.15) is 0 Å². The fourth-order valence-corrected chi connectivity index (χ4v) is 3.65. The highest BCUT2D eigenvalue weighted by Gasteiger charge is 2.58. The van der Waals surface area contributed by atoms with Crippen LogP contribution >= 0.6 is 0 Å². The lowest BCUT2D eigenvalue weighted by atomic mass is 9.56. The molecular formula is C17H33N3O2. The van der Waals surface area contributed by atoms with Gasteiger partial charge in [0.1, 0.15) is 0 Å². The van der Waals surface area contributed by atoms with Crippen LogP contribution in [0.5, 0.6) is 0 Å². The Balaban J connectivity index is 1.90. The van der Waals surface area contributed by atoms with Crippen molar-refractivity contribution in [2.75, 3.05) is 33.9 Å². The summed E-state index contributed by atoms with van der Waals surface area (Å²) in [5.74, 6) is 1.02. The van der Waals surface area contributed by atoms with Crippen molar-refractivity contribution < 1.29 is 9.47 Å². The zero-order valence-electron chi connectivity index (χ0n) is 15.1. The van der Waals surface area contributed by atoms with Crippen molar-refractivity contribution in [3.63, 3.8) is 0 Å². The van der Waals surface area contributed by atoms with Crippen LogP contribution in [0.2, 0.25) is 0 Å². The first kappa shape index (κ1) is 17.5. The molecule has 1 aliphatic heterocycles. The van der Waals surface area contributed by atoms with Gasteiger partial charge in [-0.05, 0) is 33.1 Å². The minimum absolute atomic E-state index is 0.0501. The summed E-state index contributed by atoms with van der Waals surface area (Å²) in [6.07, 6.45) is 3.60. The summed E-state index contributed by atoms with van der Waals surface area (Å²) in [5, 5.41) is 3.65. The molecule has 0 amide bonds. The molecule has 1 heterocycles. The number of methoxy groups -OCH3 is 1. The number of aliphatic imine (C=N–C) groups is 1. The van der Waals surface area contributed by atoms with Gasteiger partial charge in [-0.1, -0.05) is 13.8 Å². The summed E-state index contributed by atoms with van der Waals surface area (Å²) < 4.78 is 11.4. The van der Waals surface area contributed by atoms with E-state index in [1.165, 1.54) is 0 Å². The molecule has 0 aromatic heterocycles. The molecule has 2 fully saturated rings. The van der Waals surface area contributed by atoms with Crippen LogP contribution in [0, 0.1) is 5.41 Å². The van der Waals surface area contributed by atoms with Crippen molar-refractivity contribution in [1.29, 1.82) is 0 Å². The first-order valence-corrected chi connectivity index (χ1v) is 8.53. The second-order valence-corrected chi connectivity index (χ2v) is 7.25. The lowest BCUT2D eigenvalue weighted by molar-refractivity contribution is -0.177. The van der Waals surface area contributed by atoms with E-state index < -0.39 is 0 Å². The second kappa shape index (κ2) is 6.75. The summed E-state index contributed by atoms with van der Waals surface area (Å²) in [6.45, 7) is 11.6. The van der Waals surface area contributed by atoms with E-state index in [0.29, 0.717) is 12.1 Å². The Bertz CT molecular complexity index is 403.